The predicted octanol–water partition coefficient (Wildman–Crippen LogP) is 4.85. The van der Waals surface area contributed by atoms with Gasteiger partial charge in [0.15, 0.2) is 6.61 Å². The smallest absolute Gasteiger partial charge is 0.341 e. The number of halogens is 1. The van der Waals surface area contributed by atoms with Crippen molar-refractivity contribution in [3.8, 4) is 5.75 Å². The van der Waals surface area contributed by atoms with Crippen molar-refractivity contribution in [2.75, 3.05) is 6.61 Å². The van der Waals surface area contributed by atoms with E-state index < -0.39 is 24.2 Å². The average molecular weight is 446 g/mol. The van der Waals surface area contributed by atoms with Crippen molar-refractivity contribution >= 4 is 23.5 Å². The van der Waals surface area contributed by atoms with Crippen molar-refractivity contribution in [3.63, 3.8) is 0 Å². The number of carbonyl (C=O) groups is 2. The van der Waals surface area contributed by atoms with E-state index in [0.717, 1.165) is 23.1 Å². The predicted molar refractivity (Wildman–Crippen MR) is 118 cm³/mol. The molecule has 0 radical (unpaired) electrons. The van der Waals surface area contributed by atoms with Gasteiger partial charge in [-0.2, -0.15) is 0 Å². The highest BCUT2D eigenvalue weighted by atomic mass is 35.5. The Morgan fingerprint density at radius 1 is 1.23 bits per heavy atom. The normalized spacial score (nSPS) is 23.2. The molecule has 2 aromatic carbocycles. The quantitative estimate of drug-likeness (QED) is 0.636. The van der Waals surface area contributed by atoms with Gasteiger partial charge in [0.1, 0.15) is 5.75 Å². The molecular weight excluding hydrogens is 418 g/mol. The van der Waals surface area contributed by atoms with Crippen LogP contribution < -0.4 is 10.1 Å². The molecule has 1 aliphatic heterocycles. The number of aryl methyl sites for hydroxylation is 1. The van der Waals surface area contributed by atoms with Gasteiger partial charge in [0.2, 0.25) is 5.91 Å². The molecule has 6 nitrogen and oxygen atoms in total. The van der Waals surface area contributed by atoms with E-state index in [1.807, 2.05) is 37.3 Å². The number of rotatable bonds is 7. The van der Waals surface area contributed by atoms with Crippen LogP contribution >= 0.6 is 11.6 Å². The maximum absolute atomic E-state index is 11.9. The number of ether oxygens (including phenoxy) is 2. The summed E-state index contributed by atoms with van der Waals surface area (Å²) in [5.41, 5.74) is 2.28. The van der Waals surface area contributed by atoms with Crippen LogP contribution in [0.4, 0.5) is 0 Å². The van der Waals surface area contributed by atoms with Gasteiger partial charge in [-0.25, -0.2) is 4.79 Å². The van der Waals surface area contributed by atoms with Crippen molar-refractivity contribution in [2.45, 2.75) is 57.8 Å². The van der Waals surface area contributed by atoms with Gasteiger partial charge >= 0.3 is 5.97 Å². The lowest BCUT2D eigenvalue weighted by molar-refractivity contribution is -0.139. The van der Waals surface area contributed by atoms with Crippen molar-refractivity contribution in [1.29, 1.82) is 0 Å². The molecule has 0 bridgehead atoms. The molecule has 1 saturated heterocycles. The summed E-state index contributed by atoms with van der Waals surface area (Å²) in [4.78, 5) is 23.0. The lowest BCUT2D eigenvalue weighted by atomic mass is 9.81. The van der Waals surface area contributed by atoms with Gasteiger partial charge in [0, 0.05) is 35.9 Å². The fraction of sp³-hybridized carbons (Fsp3) is 0.417. The largest absolute Gasteiger partial charge is 0.482 e. The van der Waals surface area contributed by atoms with Crippen LogP contribution in [-0.2, 0) is 20.7 Å². The highest BCUT2D eigenvalue weighted by Gasteiger charge is 2.40. The summed E-state index contributed by atoms with van der Waals surface area (Å²) < 4.78 is 12.1. The maximum Gasteiger partial charge on any atom is 0.341 e. The molecule has 166 valence electrons. The fourth-order valence-electron chi connectivity index (χ4n) is 4.15. The number of nitrogens with one attached hydrogen (secondary N) is 1. The van der Waals surface area contributed by atoms with Gasteiger partial charge in [-0.3, -0.25) is 4.79 Å². The zero-order valence-corrected chi connectivity index (χ0v) is 18.7. The molecule has 2 N–H and O–H groups in total. The molecule has 1 aliphatic rings. The Kier molecular flexibility index (Phi) is 7.23. The summed E-state index contributed by atoms with van der Waals surface area (Å²) >= 11 is 6.21. The van der Waals surface area contributed by atoms with Crippen LogP contribution in [0.15, 0.2) is 42.5 Å². The van der Waals surface area contributed by atoms with Crippen molar-refractivity contribution in [2.24, 2.45) is 0 Å². The number of aliphatic carboxylic acids is 1. The van der Waals surface area contributed by atoms with Crippen molar-refractivity contribution < 1.29 is 24.2 Å². The molecule has 0 unspecified atom stereocenters. The van der Waals surface area contributed by atoms with Crippen molar-refractivity contribution in [1.82, 2.24) is 5.32 Å². The Morgan fingerprint density at radius 3 is 2.61 bits per heavy atom. The van der Waals surface area contributed by atoms with Crippen molar-refractivity contribution in [3.05, 3.63) is 64.2 Å². The van der Waals surface area contributed by atoms with Gasteiger partial charge < -0.3 is 19.9 Å². The lowest BCUT2D eigenvalue weighted by Gasteiger charge is -2.43. The molecule has 0 spiro atoms. The highest BCUT2D eigenvalue weighted by Crippen LogP contribution is 2.46. The summed E-state index contributed by atoms with van der Waals surface area (Å²) in [6, 6.07) is 13.2. The number of benzene rings is 2. The summed E-state index contributed by atoms with van der Waals surface area (Å²) in [6.45, 7) is 5.12. The third kappa shape index (κ3) is 5.99. The molecule has 3 atom stereocenters. The van der Waals surface area contributed by atoms with E-state index >= 15 is 0 Å². The number of carboxylic acids is 1. The number of hydrogen-bond acceptors (Lipinski definition) is 4. The van der Waals surface area contributed by atoms with Crippen LogP contribution in [0.2, 0.25) is 5.02 Å². The minimum Gasteiger partial charge on any atom is -0.482 e. The molecule has 0 saturated carbocycles. The van der Waals surface area contributed by atoms with Gasteiger partial charge in [-0.15, -0.1) is 0 Å². The van der Waals surface area contributed by atoms with E-state index in [1.54, 1.807) is 12.1 Å². The minimum absolute atomic E-state index is 0.113. The molecule has 0 aromatic heterocycles. The number of amides is 1. The number of hydrogen-bond donors (Lipinski definition) is 2. The third-order valence-corrected chi connectivity index (χ3v) is 5.71. The summed E-state index contributed by atoms with van der Waals surface area (Å²) in [5.74, 6) is -0.686. The van der Waals surface area contributed by atoms with Gasteiger partial charge in [-0.05, 0) is 48.7 Å². The fourth-order valence-corrected chi connectivity index (χ4v) is 4.35. The molecule has 3 rings (SSSR count). The Balaban J connectivity index is 2.01. The summed E-state index contributed by atoms with van der Waals surface area (Å²) in [7, 11) is 0. The molecule has 1 amide bonds. The summed E-state index contributed by atoms with van der Waals surface area (Å²) in [5, 5.41) is 12.8. The van der Waals surface area contributed by atoms with E-state index in [1.165, 1.54) is 6.92 Å². The van der Waals surface area contributed by atoms with E-state index in [2.05, 4.69) is 12.2 Å². The Bertz CT molecular complexity index is 963. The molecule has 31 heavy (non-hydrogen) atoms. The van der Waals surface area contributed by atoms with E-state index in [0.29, 0.717) is 23.6 Å². The first-order valence-corrected chi connectivity index (χ1v) is 10.7. The first-order chi connectivity index (χ1) is 14.7. The highest BCUT2D eigenvalue weighted by molar-refractivity contribution is 6.30. The molecule has 2 aromatic rings. The second kappa shape index (κ2) is 9.71. The minimum atomic E-state index is -1.05. The average Bonchev–Trinajstić information content (AvgIpc) is 2.70. The summed E-state index contributed by atoms with van der Waals surface area (Å²) in [6.07, 6.45) is 1.24. The first kappa shape index (κ1) is 23.1. The van der Waals surface area contributed by atoms with Gasteiger partial charge in [0.25, 0.3) is 0 Å². The first-order valence-electron chi connectivity index (χ1n) is 10.4. The number of carboxylic acid groups (broad SMARTS) is 1. The van der Waals surface area contributed by atoms with Crippen LogP contribution in [0.1, 0.15) is 62.5 Å². The molecule has 7 heteroatoms. The molecule has 1 fully saturated rings. The molecule has 0 aliphatic carbocycles. The Hall–Kier alpha value is -2.57. The molecule has 1 heterocycles. The topological polar surface area (TPSA) is 84.9 Å². The third-order valence-electron chi connectivity index (χ3n) is 5.48. The van der Waals surface area contributed by atoms with Gasteiger partial charge in [-0.1, -0.05) is 36.7 Å². The van der Waals surface area contributed by atoms with Crippen LogP contribution in [-0.4, -0.2) is 29.1 Å². The lowest BCUT2D eigenvalue weighted by Crippen LogP contribution is -2.50. The van der Waals surface area contributed by atoms with Crippen LogP contribution in [0.25, 0.3) is 0 Å². The Morgan fingerprint density at radius 2 is 1.97 bits per heavy atom. The zero-order valence-electron chi connectivity index (χ0n) is 18.0. The van der Waals surface area contributed by atoms with Gasteiger partial charge in [0.05, 0.1) is 12.2 Å². The van der Waals surface area contributed by atoms with E-state index in [4.69, 9.17) is 26.2 Å². The van der Waals surface area contributed by atoms with Crippen LogP contribution in [0.5, 0.6) is 5.75 Å². The Labute approximate surface area is 187 Å². The molecular formula is C24H28ClNO5. The van der Waals surface area contributed by atoms with Crippen LogP contribution in [0.3, 0.4) is 0 Å². The van der Waals surface area contributed by atoms with E-state index in [-0.39, 0.29) is 12.0 Å². The second-order valence-corrected chi connectivity index (χ2v) is 8.66. The van der Waals surface area contributed by atoms with E-state index in [9.17, 15) is 9.59 Å². The number of carbonyl (C=O) groups excluding carboxylic acids is 1. The monoisotopic (exact) mass is 445 g/mol. The second-order valence-electron chi connectivity index (χ2n) is 8.23. The SMILES string of the molecule is CCc1ccc(OCC(=O)O)c([C@H]2C[C@](C)(NC(C)=O)C[C@@H](c3cccc(Cl)c3)O2)c1. The zero-order chi connectivity index (χ0) is 22.6. The standard InChI is InChI=1S/C24H28ClNO5/c1-4-16-8-9-20(30-14-23(28)29)19(10-16)22-13-24(3,26-15(2)27)12-21(31-22)17-6-5-7-18(25)11-17/h5-11,21-22H,4,12-14H2,1-3H3,(H,26,27)(H,28,29)/t21-,22+,24+/m0/s1. The van der Waals surface area contributed by atoms with Crippen LogP contribution in [0, 0.1) is 0 Å². The maximum atomic E-state index is 11.9.